The van der Waals surface area contributed by atoms with E-state index in [-0.39, 0.29) is 12.0 Å². The first-order valence-electron chi connectivity index (χ1n) is 9.74. The van der Waals surface area contributed by atoms with Crippen LogP contribution in [0.4, 0.5) is 0 Å². The van der Waals surface area contributed by atoms with Crippen LogP contribution in [-0.4, -0.2) is 33.4 Å². The topological polar surface area (TPSA) is 47.4 Å². The molecule has 1 saturated heterocycles. The van der Waals surface area contributed by atoms with E-state index in [2.05, 4.69) is 0 Å². The number of likely N-dealkylation sites (tertiary alicyclic amines) is 1. The average molecular weight is 396 g/mol. The van der Waals surface area contributed by atoms with Gasteiger partial charge in [-0.15, -0.1) is 0 Å². The summed E-state index contributed by atoms with van der Waals surface area (Å²) in [6.07, 6.45) is 2.49. The van der Waals surface area contributed by atoms with Crippen molar-refractivity contribution in [2.75, 3.05) is 13.1 Å². The third kappa shape index (κ3) is 2.60. The van der Waals surface area contributed by atoms with Crippen molar-refractivity contribution < 1.29 is 9.53 Å². The Bertz CT molecular complexity index is 1100. The molecule has 6 heteroatoms. The maximum Gasteiger partial charge on any atom is 0.254 e. The monoisotopic (exact) mass is 395 g/mol. The van der Waals surface area contributed by atoms with Crippen LogP contribution in [0, 0.1) is 6.92 Å². The summed E-state index contributed by atoms with van der Waals surface area (Å²) < 4.78 is 8.49. The van der Waals surface area contributed by atoms with E-state index < -0.39 is 0 Å². The molecule has 1 fully saturated rings. The lowest BCUT2D eigenvalue weighted by Crippen LogP contribution is -2.42. The molecule has 1 amide bonds. The van der Waals surface area contributed by atoms with Crippen molar-refractivity contribution in [3.8, 4) is 5.75 Å². The van der Waals surface area contributed by atoms with Crippen LogP contribution in [-0.2, 0) is 13.5 Å². The molecule has 2 aromatic carbocycles. The summed E-state index contributed by atoms with van der Waals surface area (Å²) in [5.41, 5.74) is 4.47. The van der Waals surface area contributed by atoms with E-state index in [1.807, 2.05) is 53.8 Å². The Morgan fingerprint density at radius 1 is 1.29 bits per heavy atom. The number of benzene rings is 2. The molecule has 144 valence electrons. The second-order valence-corrected chi connectivity index (χ2v) is 8.04. The molecule has 0 saturated carbocycles. The molecule has 3 heterocycles. The quantitative estimate of drug-likeness (QED) is 0.644. The fourth-order valence-corrected chi connectivity index (χ4v) is 4.39. The Morgan fingerprint density at radius 2 is 2.07 bits per heavy atom. The summed E-state index contributed by atoms with van der Waals surface area (Å²) in [6, 6.07) is 9.79. The van der Waals surface area contributed by atoms with Crippen LogP contribution < -0.4 is 4.74 Å². The molecule has 0 aliphatic carbocycles. The zero-order chi connectivity index (χ0) is 19.4. The van der Waals surface area contributed by atoms with Crippen LogP contribution >= 0.6 is 11.6 Å². The number of hydrogen-bond acceptors (Lipinski definition) is 3. The summed E-state index contributed by atoms with van der Waals surface area (Å²) in [6.45, 7) is 3.63. The third-order valence-corrected chi connectivity index (χ3v) is 6.34. The van der Waals surface area contributed by atoms with E-state index in [0.29, 0.717) is 5.02 Å². The van der Waals surface area contributed by atoms with Crippen LogP contribution in [0.3, 0.4) is 0 Å². The molecule has 0 unspecified atom stereocenters. The molecule has 1 aromatic heterocycles. The van der Waals surface area contributed by atoms with Crippen molar-refractivity contribution in [3.63, 3.8) is 0 Å². The predicted octanol–water partition coefficient (Wildman–Crippen LogP) is 4.45. The number of imidazole rings is 1. The molecule has 0 spiro atoms. The SMILES string of the molecule is Cc1nc2c3c(c(C(=O)N4CCC4)cc2n1C)CC[C@@H](c1ccccc1Cl)O3. The van der Waals surface area contributed by atoms with Crippen molar-refractivity contribution in [1.82, 2.24) is 14.5 Å². The fraction of sp³-hybridized carbons (Fsp3) is 0.364. The highest BCUT2D eigenvalue weighted by Gasteiger charge is 2.32. The highest BCUT2D eigenvalue weighted by Crippen LogP contribution is 2.43. The molecular formula is C22H22ClN3O2. The van der Waals surface area contributed by atoms with E-state index in [1.165, 1.54) is 0 Å². The first-order valence-corrected chi connectivity index (χ1v) is 10.1. The smallest absolute Gasteiger partial charge is 0.254 e. The number of hydrogen-bond donors (Lipinski definition) is 0. The van der Waals surface area contributed by atoms with Gasteiger partial charge in [0.1, 0.15) is 17.4 Å². The number of carbonyl (C=O) groups is 1. The summed E-state index contributed by atoms with van der Waals surface area (Å²) in [5.74, 6) is 1.73. The van der Waals surface area contributed by atoms with Crippen LogP contribution in [0.25, 0.3) is 11.0 Å². The highest BCUT2D eigenvalue weighted by molar-refractivity contribution is 6.31. The molecule has 2 aliphatic heterocycles. The molecule has 3 aromatic rings. The van der Waals surface area contributed by atoms with Gasteiger partial charge in [-0.2, -0.15) is 0 Å². The molecule has 5 rings (SSSR count). The van der Waals surface area contributed by atoms with Crippen molar-refractivity contribution >= 4 is 28.5 Å². The summed E-state index contributed by atoms with van der Waals surface area (Å²) in [7, 11) is 1.98. The fourth-order valence-electron chi connectivity index (χ4n) is 4.14. The zero-order valence-electron chi connectivity index (χ0n) is 16.0. The first-order chi connectivity index (χ1) is 13.5. The molecule has 2 aliphatic rings. The van der Waals surface area contributed by atoms with Gasteiger partial charge in [-0.1, -0.05) is 29.8 Å². The van der Waals surface area contributed by atoms with Gasteiger partial charge in [0.2, 0.25) is 0 Å². The van der Waals surface area contributed by atoms with Gasteiger partial charge in [0.05, 0.1) is 5.52 Å². The molecule has 0 N–H and O–H groups in total. The van der Waals surface area contributed by atoms with E-state index in [0.717, 1.165) is 71.6 Å². The minimum Gasteiger partial charge on any atom is -0.483 e. The Kier molecular flexibility index (Phi) is 4.09. The van der Waals surface area contributed by atoms with Gasteiger partial charge in [-0.3, -0.25) is 4.79 Å². The second-order valence-electron chi connectivity index (χ2n) is 7.63. The second kappa shape index (κ2) is 6.52. The normalized spacial score (nSPS) is 18.5. The maximum atomic E-state index is 13.1. The number of fused-ring (bicyclic) bond motifs is 3. The standard InChI is InChI=1S/C22H22ClN3O2/c1-13-24-20-18(25(13)2)12-16(22(27)26-10-5-11-26)14-8-9-19(28-21(14)20)15-6-3-4-7-17(15)23/h3-4,6-7,12,19H,5,8-11H2,1-2H3/t19-/m0/s1. The molecule has 0 radical (unpaired) electrons. The van der Waals surface area contributed by atoms with Crippen molar-refractivity contribution in [2.24, 2.45) is 7.05 Å². The van der Waals surface area contributed by atoms with Gasteiger partial charge in [0.15, 0.2) is 5.75 Å². The predicted molar refractivity (Wildman–Crippen MR) is 109 cm³/mol. The number of nitrogens with zero attached hydrogens (tertiary/aromatic N) is 3. The summed E-state index contributed by atoms with van der Waals surface area (Å²) in [4.78, 5) is 19.7. The van der Waals surface area contributed by atoms with Crippen molar-refractivity contribution in [3.05, 3.63) is 57.9 Å². The Labute approximate surface area is 168 Å². The van der Waals surface area contributed by atoms with E-state index >= 15 is 0 Å². The summed E-state index contributed by atoms with van der Waals surface area (Å²) in [5, 5.41) is 0.706. The van der Waals surface area contributed by atoms with Gasteiger partial charge in [-0.05, 0) is 38.3 Å². The maximum absolute atomic E-state index is 13.1. The van der Waals surface area contributed by atoms with E-state index in [1.54, 1.807) is 0 Å². The Balaban J connectivity index is 1.66. The van der Waals surface area contributed by atoms with E-state index in [9.17, 15) is 4.79 Å². The van der Waals surface area contributed by atoms with Gasteiger partial charge in [0.25, 0.3) is 5.91 Å². The summed E-state index contributed by atoms with van der Waals surface area (Å²) >= 11 is 6.42. The van der Waals surface area contributed by atoms with Gasteiger partial charge >= 0.3 is 0 Å². The number of carbonyl (C=O) groups excluding carboxylic acids is 1. The van der Waals surface area contributed by atoms with Gasteiger partial charge in [0, 0.05) is 41.9 Å². The Morgan fingerprint density at radius 3 is 2.79 bits per heavy atom. The van der Waals surface area contributed by atoms with E-state index in [4.69, 9.17) is 21.3 Å². The number of aromatic nitrogens is 2. The molecule has 0 bridgehead atoms. The van der Waals surface area contributed by atoms with Crippen molar-refractivity contribution in [2.45, 2.75) is 32.3 Å². The van der Waals surface area contributed by atoms with Crippen LogP contribution in [0.1, 0.15) is 46.3 Å². The highest BCUT2D eigenvalue weighted by atomic mass is 35.5. The molecule has 1 atom stereocenters. The minimum atomic E-state index is -0.138. The lowest BCUT2D eigenvalue weighted by atomic mass is 9.92. The Hall–Kier alpha value is -2.53. The minimum absolute atomic E-state index is 0.100. The molecular weight excluding hydrogens is 374 g/mol. The zero-order valence-corrected chi connectivity index (χ0v) is 16.8. The van der Waals surface area contributed by atoms with Crippen LogP contribution in [0.15, 0.2) is 30.3 Å². The van der Waals surface area contributed by atoms with Crippen LogP contribution in [0.2, 0.25) is 5.02 Å². The average Bonchev–Trinajstić information content (AvgIpc) is 2.94. The van der Waals surface area contributed by atoms with Gasteiger partial charge < -0.3 is 14.2 Å². The third-order valence-electron chi connectivity index (χ3n) is 6.00. The van der Waals surface area contributed by atoms with Crippen LogP contribution in [0.5, 0.6) is 5.75 Å². The number of amides is 1. The molecule has 5 nitrogen and oxygen atoms in total. The molecule has 28 heavy (non-hydrogen) atoms. The number of halogens is 1. The number of ether oxygens (including phenoxy) is 1. The lowest BCUT2D eigenvalue weighted by molar-refractivity contribution is 0.0648. The first kappa shape index (κ1) is 17.6. The number of rotatable bonds is 2. The van der Waals surface area contributed by atoms with Gasteiger partial charge in [-0.25, -0.2) is 4.98 Å². The largest absolute Gasteiger partial charge is 0.483 e. The van der Waals surface area contributed by atoms with Crippen molar-refractivity contribution in [1.29, 1.82) is 0 Å². The number of aryl methyl sites for hydroxylation is 2. The lowest BCUT2D eigenvalue weighted by Gasteiger charge is -2.33.